The van der Waals surface area contributed by atoms with E-state index in [4.69, 9.17) is 0 Å². The molecule has 0 unspecified atom stereocenters. The second-order valence-electron chi connectivity index (χ2n) is 5.35. The van der Waals surface area contributed by atoms with E-state index in [2.05, 4.69) is 5.32 Å². The van der Waals surface area contributed by atoms with Gasteiger partial charge in [0.05, 0.1) is 10.2 Å². The molecule has 0 aliphatic carbocycles. The molecule has 0 atom stereocenters. The summed E-state index contributed by atoms with van der Waals surface area (Å²) in [7, 11) is 1.91. The van der Waals surface area contributed by atoms with Crippen molar-refractivity contribution in [3.63, 3.8) is 0 Å². The van der Waals surface area contributed by atoms with Crippen molar-refractivity contribution < 1.29 is 9.59 Å². The Morgan fingerprint density at radius 1 is 1.48 bits per heavy atom. The van der Waals surface area contributed by atoms with Crippen LogP contribution in [0.3, 0.4) is 0 Å². The first kappa shape index (κ1) is 14.1. The van der Waals surface area contributed by atoms with Gasteiger partial charge < -0.3 is 14.8 Å². The Balaban J connectivity index is 1.51. The second-order valence-corrected chi connectivity index (χ2v) is 6.30. The SMILES string of the molecule is Cn1c(C(=O)NCCCN2CCCC2=O)cc2sccc21. The molecule has 0 bridgehead atoms. The maximum atomic E-state index is 12.2. The molecule has 0 aromatic carbocycles. The van der Waals surface area contributed by atoms with E-state index in [1.807, 2.05) is 34.0 Å². The number of nitrogens with zero attached hydrogens (tertiary/aromatic N) is 2. The van der Waals surface area contributed by atoms with E-state index in [-0.39, 0.29) is 11.8 Å². The number of likely N-dealkylation sites (tertiary alicyclic amines) is 1. The molecule has 0 radical (unpaired) electrons. The first-order chi connectivity index (χ1) is 10.2. The zero-order chi connectivity index (χ0) is 14.8. The monoisotopic (exact) mass is 305 g/mol. The molecule has 1 aliphatic rings. The Hall–Kier alpha value is -1.82. The molecule has 0 saturated carbocycles. The van der Waals surface area contributed by atoms with E-state index in [1.54, 1.807) is 11.3 Å². The smallest absolute Gasteiger partial charge is 0.267 e. The number of carbonyl (C=O) groups is 2. The maximum absolute atomic E-state index is 12.2. The summed E-state index contributed by atoms with van der Waals surface area (Å²) in [5.41, 5.74) is 1.78. The summed E-state index contributed by atoms with van der Waals surface area (Å²) < 4.78 is 3.05. The maximum Gasteiger partial charge on any atom is 0.267 e. The molecule has 2 aromatic rings. The Bertz CT molecular complexity index is 674. The average molecular weight is 305 g/mol. The molecule has 0 spiro atoms. The van der Waals surface area contributed by atoms with Crippen molar-refractivity contribution in [1.82, 2.24) is 14.8 Å². The fourth-order valence-corrected chi connectivity index (χ4v) is 3.62. The van der Waals surface area contributed by atoms with Crippen LogP contribution in [0, 0.1) is 0 Å². The van der Waals surface area contributed by atoms with Crippen molar-refractivity contribution in [3.8, 4) is 0 Å². The number of amides is 2. The molecule has 3 rings (SSSR count). The van der Waals surface area contributed by atoms with Crippen molar-refractivity contribution in [1.29, 1.82) is 0 Å². The summed E-state index contributed by atoms with van der Waals surface area (Å²) >= 11 is 1.64. The third kappa shape index (κ3) is 2.81. The third-order valence-corrected chi connectivity index (χ3v) is 4.81. The zero-order valence-electron chi connectivity index (χ0n) is 12.1. The van der Waals surface area contributed by atoms with Crippen molar-refractivity contribution in [2.75, 3.05) is 19.6 Å². The van der Waals surface area contributed by atoms with Crippen LogP contribution in [0.1, 0.15) is 29.8 Å². The van der Waals surface area contributed by atoms with Crippen LogP contribution < -0.4 is 5.32 Å². The predicted octanol–water partition coefficient (Wildman–Crippen LogP) is 1.98. The highest BCUT2D eigenvalue weighted by molar-refractivity contribution is 7.17. The fraction of sp³-hybridized carbons (Fsp3) is 0.467. The van der Waals surface area contributed by atoms with Crippen LogP contribution in [-0.4, -0.2) is 40.9 Å². The summed E-state index contributed by atoms with van der Waals surface area (Å²) in [6.07, 6.45) is 2.44. The van der Waals surface area contributed by atoms with Gasteiger partial charge in [-0.3, -0.25) is 9.59 Å². The highest BCUT2D eigenvalue weighted by Crippen LogP contribution is 2.23. The molecule has 1 aliphatic heterocycles. The lowest BCUT2D eigenvalue weighted by atomic mass is 10.3. The molecule has 2 aromatic heterocycles. The fourth-order valence-electron chi connectivity index (χ4n) is 2.77. The lowest BCUT2D eigenvalue weighted by Crippen LogP contribution is -2.31. The first-order valence-electron chi connectivity index (χ1n) is 7.26. The van der Waals surface area contributed by atoms with Crippen LogP contribution in [0.25, 0.3) is 10.2 Å². The lowest BCUT2D eigenvalue weighted by molar-refractivity contribution is -0.127. The van der Waals surface area contributed by atoms with E-state index < -0.39 is 0 Å². The van der Waals surface area contributed by atoms with Gasteiger partial charge in [-0.15, -0.1) is 11.3 Å². The normalized spacial score (nSPS) is 15.1. The molecular formula is C15H19N3O2S. The number of rotatable bonds is 5. The van der Waals surface area contributed by atoms with Crippen molar-refractivity contribution in [3.05, 3.63) is 23.2 Å². The summed E-state index contributed by atoms with van der Waals surface area (Å²) in [5.74, 6) is 0.192. The van der Waals surface area contributed by atoms with E-state index in [0.717, 1.165) is 36.1 Å². The van der Waals surface area contributed by atoms with Crippen LogP contribution in [-0.2, 0) is 11.8 Å². The average Bonchev–Trinajstić information content (AvgIpc) is 3.14. The van der Waals surface area contributed by atoms with Gasteiger partial charge in [0.1, 0.15) is 5.69 Å². The summed E-state index contributed by atoms with van der Waals surface area (Å²) in [6, 6.07) is 3.95. The van der Waals surface area contributed by atoms with Crippen molar-refractivity contribution in [2.24, 2.45) is 7.05 Å². The van der Waals surface area contributed by atoms with Gasteiger partial charge in [-0.25, -0.2) is 0 Å². The van der Waals surface area contributed by atoms with Crippen molar-refractivity contribution in [2.45, 2.75) is 19.3 Å². The molecular weight excluding hydrogens is 286 g/mol. The molecule has 5 nitrogen and oxygen atoms in total. The molecule has 1 fully saturated rings. The number of aromatic nitrogens is 1. The third-order valence-electron chi connectivity index (χ3n) is 3.96. The lowest BCUT2D eigenvalue weighted by Gasteiger charge is -2.15. The van der Waals surface area contributed by atoms with E-state index >= 15 is 0 Å². The number of nitrogens with one attached hydrogen (secondary N) is 1. The minimum absolute atomic E-state index is 0.0475. The quantitative estimate of drug-likeness (QED) is 0.859. The van der Waals surface area contributed by atoms with Gasteiger partial charge in [-0.1, -0.05) is 0 Å². The molecule has 2 amide bonds. The predicted molar refractivity (Wildman–Crippen MR) is 83.6 cm³/mol. The topological polar surface area (TPSA) is 54.3 Å². The second kappa shape index (κ2) is 5.89. The van der Waals surface area contributed by atoms with Gasteiger partial charge in [0.25, 0.3) is 5.91 Å². The number of hydrogen-bond acceptors (Lipinski definition) is 3. The zero-order valence-corrected chi connectivity index (χ0v) is 12.9. The Labute approximate surface area is 127 Å². The van der Waals surface area contributed by atoms with Crippen LogP contribution in [0.15, 0.2) is 17.5 Å². The van der Waals surface area contributed by atoms with Gasteiger partial charge in [-0.2, -0.15) is 0 Å². The van der Waals surface area contributed by atoms with Gasteiger partial charge in [-0.05, 0) is 30.4 Å². The largest absolute Gasteiger partial charge is 0.351 e. The van der Waals surface area contributed by atoms with Gasteiger partial charge in [0.15, 0.2) is 0 Å². The molecule has 3 heterocycles. The van der Waals surface area contributed by atoms with Crippen LogP contribution in [0.5, 0.6) is 0 Å². The molecule has 1 N–H and O–H groups in total. The Kier molecular flexibility index (Phi) is 3.96. The molecule has 6 heteroatoms. The van der Waals surface area contributed by atoms with Gasteiger partial charge in [0.2, 0.25) is 5.91 Å². The molecule has 112 valence electrons. The first-order valence-corrected chi connectivity index (χ1v) is 8.13. The number of fused-ring (bicyclic) bond motifs is 1. The minimum Gasteiger partial charge on any atom is -0.351 e. The highest BCUT2D eigenvalue weighted by Gasteiger charge is 2.19. The summed E-state index contributed by atoms with van der Waals surface area (Å²) in [5, 5.41) is 4.96. The summed E-state index contributed by atoms with van der Waals surface area (Å²) in [6.45, 7) is 2.20. The van der Waals surface area contributed by atoms with Crippen molar-refractivity contribution >= 4 is 33.4 Å². The number of hydrogen-bond donors (Lipinski definition) is 1. The number of thiophene rings is 1. The minimum atomic E-state index is -0.0475. The van der Waals surface area contributed by atoms with Crippen LogP contribution in [0.4, 0.5) is 0 Å². The van der Waals surface area contributed by atoms with Gasteiger partial charge >= 0.3 is 0 Å². The standard InChI is InChI=1S/C15H19N3O2S/c1-17-11-5-9-21-13(11)10-12(17)15(20)16-6-3-8-18-7-2-4-14(18)19/h5,9-10H,2-4,6-8H2,1H3,(H,16,20). The highest BCUT2D eigenvalue weighted by atomic mass is 32.1. The number of aryl methyl sites for hydroxylation is 1. The van der Waals surface area contributed by atoms with E-state index in [1.165, 1.54) is 0 Å². The van der Waals surface area contributed by atoms with E-state index in [0.29, 0.717) is 18.7 Å². The van der Waals surface area contributed by atoms with E-state index in [9.17, 15) is 9.59 Å². The van der Waals surface area contributed by atoms with Gasteiger partial charge in [0, 0.05) is 33.1 Å². The molecule has 1 saturated heterocycles. The summed E-state index contributed by atoms with van der Waals surface area (Å²) in [4.78, 5) is 25.5. The molecule has 21 heavy (non-hydrogen) atoms. The van der Waals surface area contributed by atoms with Crippen LogP contribution in [0.2, 0.25) is 0 Å². The Morgan fingerprint density at radius 2 is 2.33 bits per heavy atom. The Morgan fingerprint density at radius 3 is 3.05 bits per heavy atom. The number of carbonyl (C=O) groups excluding carboxylic acids is 2. The van der Waals surface area contributed by atoms with Crippen LogP contribution >= 0.6 is 11.3 Å².